The molecule has 0 saturated carbocycles. The minimum Gasteiger partial charge on any atom is -0.493 e. The number of rotatable bonds is 9. The van der Waals surface area contributed by atoms with E-state index in [1.54, 1.807) is 27.7 Å². The van der Waals surface area contributed by atoms with Gasteiger partial charge in [0.05, 0.1) is 39.5 Å². The highest BCUT2D eigenvalue weighted by Crippen LogP contribution is 2.40. The predicted octanol–water partition coefficient (Wildman–Crippen LogP) is 2.93. The lowest BCUT2D eigenvalue weighted by atomic mass is 10.1. The Morgan fingerprint density at radius 1 is 1.15 bits per heavy atom. The quantitative estimate of drug-likeness (QED) is 0.727. The molecule has 1 aromatic carbocycles. The molecule has 1 aliphatic rings. The lowest BCUT2D eigenvalue weighted by molar-refractivity contribution is 0.0671. The molecule has 1 aromatic heterocycles. The summed E-state index contributed by atoms with van der Waals surface area (Å²) in [6.45, 7) is 5.19. The standard InChI is InChI=1S/C20H29N3O4/c1-14-17(22-13-21-14)12-23(11-16-6-5-9-27-16)10-15-7-8-18(24-2)20(26-4)19(15)25-3/h7-8,13,16H,5-6,9-12H2,1-4H3,(H,21,22). The van der Waals surface area contributed by atoms with Crippen molar-refractivity contribution < 1.29 is 18.9 Å². The van der Waals surface area contributed by atoms with Gasteiger partial charge in [0, 0.05) is 37.5 Å². The van der Waals surface area contributed by atoms with Gasteiger partial charge in [0.1, 0.15) is 0 Å². The van der Waals surface area contributed by atoms with Gasteiger partial charge in [0.25, 0.3) is 0 Å². The Hall–Kier alpha value is -2.25. The molecular formula is C20H29N3O4. The molecule has 0 radical (unpaired) electrons. The molecule has 7 nitrogen and oxygen atoms in total. The summed E-state index contributed by atoms with van der Waals surface area (Å²) in [6, 6.07) is 3.95. The van der Waals surface area contributed by atoms with Crippen LogP contribution in [-0.2, 0) is 17.8 Å². The molecule has 148 valence electrons. The number of aryl methyl sites for hydroxylation is 1. The average molecular weight is 375 g/mol. The Bertz CT molecular complexity index is 741. The van der Waals surface area contributed by atoms with Crippen molar-refractivity contribution in [2.75, 3.05) is 34.5 Å². The molecule has 3 rings (SSSR count). The van der Waals surface area contributed by atoms with Gasteiger partial charge in [-0.2, -0.15) is 0 Å². The molecular weight excluding hydrogens is 346 g/mol. The first kappa shape index (κ1) is 19.5. The van der Waals surface area contributed by atoms with Crippen LogP contribution < -0.4 is 14.2 Å². The normalized spacial score (nSPS) is 16.7. The molecule has 2 aromatic rings. The first-order valence-electron chi connectivity index (χ1n) is 9.26. The van der Waals surface area contributed by atoms with Crippen LogP contribution in [-0.4, -0.2) is 55.5 Å². The van der Waals surface area contributed by atoms with Gasteiger partial charge >= 0.3 is 0 Å². The van der Waals surface area contributed by atoms with E-state index >= 15 is 0 Å². The van der Waals surface area contributed by atoms with Gasteiger partial charge in [-0.05, 0) is 25.8 Å². The fourth-order valence-corrected chi connectivity index (χ4v) is 3.55. The van der Waals surface area contributed by atoms with Crippen LogP contribution in [0.4, 0.5) is 0 Å². The van der Waals surface area contributed by atoms with Crippen molar-refractivity contribution in [2.24, 2.45) is 0 Å². The van der Waals surface area contributed by atoms with Gasteiger partial charge in [-0.15, -0.1) is 0 Å². The Morgan fingerprint density at radius 3 is 2.56 bits per heavy atom. The van der Waals surface area contributed by atoms with Gasteiger partial charge in [-0.25, -0.2) is 4.98 Å². The number of imidazole rings is 1. The van der Waals surface area contributed by atoms with Crippen molar-refractivity contribution in [3.8, 4) is 17.2 Å². The number of H-pyrrole nitrogens is 1. The molecule has 0 amide bonds. The minimum atomic E-state index is 0.260. The highest BCUT2D eigenvalue weighted by Gasteiger charge is 2.23. The van der Waals surface area contributed by atoms with Crippen molar-refractivity contribution in [3.05, 3.63) is 35.4 Å². The third-order valence-corrected chi connectivity index (χ3v) is 4.97. The van der Waals surface area contributed by atoms with Crippen LogP contribution in [0.15, 0.2) is 18.5 Å². The fraction of sp³-hybridized carbons (Fsp3) is 0.550. The molecule has 0 spiro atoms. The molecule has 1 N–H and O–H groups in total. The predicted molar refractivity (Wildman–Crippen MR) is 103 cm³/mol. The summed E-state index contributed by atoms with van der Waals surface area (Å²) >= 11 is 0. The minimum absolute atomic E-state index is 0.260. The molecule has 2 heterocycles. The molecule has 1 unspecified atom stereocenters. The molecule has 0 bridgehead atoms. The number of aromatic nitrogens is 2. The second kappa shape index (κ2) is 9.10. The van der Waals surface area contributed by atoms with E-state index in [9.17, 15) is 0 Å². The third kappa shape index (κ3) is 4.54. The number of benzene rings is 1. The summed E-state index contributed by atoms with van der Waals surface area (Å²) in [6.07, 6.45) is 4.22. The Balaban J connectivity index is 1.85. The van der Waals surface area contributed by atoms with E-state index in [1.807, 2.05) is 19.1 Å². The van der Waals surface area contributed by atoms with Crippen molar-refractivity contribution >= 4 is 0 Å². The van der Waals surface area contributed by atoms with Gasteiger partial charge in [0.2, 0.25) is 5.75 Å². The van der Waals surface area contributed by atoms with Gasteiger partial charge < -0.3 is 23.9 Å². The maximum Gasteiger partial charge on any atom is 0.203 e. The SMILES string of the molecule is COc1ccc(CN(Cc2nc[nH]c2C)CC2CCCO2)c(OC)c1OC. The van der Waals surface area contributed by atoms with Crippen molar-refractivity contribution in [1.29, 1.82) is 0 Å². The van der Waals surface area contributed by atoms with Crippen LogP contribution in [0.1, 0.15) is 29.8 Å². The van der Waals surface area contributed by atoms with E-state index in [0.717, 1.165) is 49.5 Å². The van der Waals surface area contributed by atoms with E-state index in [4.69, 9.17) is 18.9 Å². The van der Waals surface area contributed by atoms with Gasteiger partial charge in [-0.3, -0.25) is 4.90 Å². The number of hydrogen-bond acceptors (Lipinski definition) is 6. The van der Waals surface area contributed by atoms with Crippen LogP contribution in [0.3, 0.4) is 0 Å². The van der Waals surface area contributed by atoms with E-state index in [-0.39, 0.29) is 6.10 Å². The number of aromatic amines is 1. The second-order valence-corrected chi connectivity index (χ2v) is 6.77. The van der Waals surface area contributed by atoms with Crippen LogP contribution in [0.25, 0.3) is 0 Å². The molecule has 7 heteroatoms. The number of methoxy groups -OCH3 is 3. The van der Waals surface area contributed by atoms with Crippen LogP contribution >= 0.6 is 0 Å². The first-order chi connectivity index (χ1) is 13.2. The largest absolute Gasteiger partial charge is 0.493 e. The van der Waals surface area contributed by atoms with Crippen molar-refractivity contribution in [3.63, 3.8) is 0 Å². The van der Waals surface area contributed by atoms with Crippen LogP contribution in [0, 0.1) is 6.92 Å². The zero-order valence-corrected chi connectivity index (χ0v) is 16.6. The topological polar surface area (TPSA) is 68.8 Å². The van der Waals surface area contributed by atoms with E-state index in [1.165, 1.54) is 0 Å². The highest BCUT2D eigenvalue weighted by atomic mass is 16.5. The molecule has 1 saturated heterocycles. The highest BCUT2D eigenvalue weighted by molar-refractivity contribution is 5.55. The molecule has 27 heavy (non-hydrogen) atoms. The maximum atomic E-state index is 5.86. The molecule has 1 atom stereocenters. The summed E-state index contributed by atoms with van der Waals surface area (Å²) in [5.74, 6) is 1.98. The maximum absolute atomic E-state index is 5.86. The molecule has 1 aliphatic heterocycles. The number of nitrogens with one attached hydrogen (secondary N) is 1. The summed E-state index contributed by atoms with van der Waals surface area (Å²) < 4.78 is 22.4. The lowest BCUT2D eigenvalue weighted by Crippen LogP contribution is -2.32. The number of nitrogens with zero attached hydrogens (tertiary/aromatic N) is 2. The van der Waals surface area contributed by atoms with Crippen molar-refractivity contribution in [1.82, 2.24) is 14.9 Å². The Morgan fingerprint density at radius 2 is 1.96 bits per heavy atom. The Labute approximate surface area is 160 Å². The van der Waals surface area contributed by atoms with Gasteiger partial charge in [-0.1, -0.05) is 6.07 Å². The smallest absolute Gasteiger partial charge is 0.203 e. The van der Waals surface area contributed by atoms with E-state index < -0.39 is 0 Å². The Kier molecular flexibility index (Phi) is 6.58. The summed E-state index contributed by atoms with van der Waals surface area (Å²) in [5, 5.41) is 0. The van der Waals surface area contributed by atoms with E-state index in [2.05, 4.69) is 14.9 Å². The summed E-state index contributed by atoms with van der Waals surface area (Å²) in [4.78, 5) is 9.97. The first-order valence-corrected chi connectivity index (χ1v) is 9.26. The van der Waals surface area contributed by atoms with Crippen LogP contribution in [0.2, 0.25) is 0 Å². The van der Waals surface area contributed by atoms with Crippen molar-refractivity contribution in [2.45, 2.75) is 39.0 Å². The monoisotopic (exact) mass is 375 g/mol. The molecule has 1 fully saturated rings. The van der Waals surface area contributed by atoms with Gasteiger partial charge in [0.15, 0.2) is 11.5 Å². The number of ether oxygens (including phenoxy) is 4. The summed E-state index contributed by atoms with van der Waals surface area (Å²) in [7, 11) is 4.91. The fourth-order valence-electron chi connectivity index (χ4n) is 3.55. The lowest BCUT2D eigenvalue weighted by Gasteiger charge is -2.26. The number of hydrogen-bond donors (Lipinski definition) is 1. The molecule has 0 aliphatic carbocycles. The second-order valence-electron chi connectivity index (χ2n) is 6.77. The average Bonchev–Trinajstić information content (AvgIpc) is 3.33. The third-order valence-electron chi connectivity index (χ3n) is 4.97. The summed E-state index contributed by atoms with van der Waals surface area (Å²) in [5.41, 5.74) is 3.18. The zero-order valence-electron chi connectivity index (χ0n) is 16.6. The van der Waals surface area contributed by atoms with E-state index in [0.29, 0.717) is 23.8 Å². The zero-order chi connectivity index (χ0) is 19.2. The van der Waals surface area contributed by atoms with Crippen LogP contribution in [0.5, 0.6) is 17.2 Å².